The first-order chi connectivity index (χ1) is 7.18. The molecule has 1 aromatic rings. The van der Waals surface area contributed by atoms with Gasteiger partial charge in [-0.2, -0.15) is 0 Å². The van der Waals surface area contributed by atoms with Gasteiger partial charge in [-0.1, -0.05) is 0 Å². The van der Waals surface area contributed by atoms with E-state index in [-0.39, 0.29) is 0 Å². The molecule has 1 saturated carbocycles. The summed E-state index contributed by atoms with van der Waals surface area (Å²) in [4.78, 5) is 12.2. The molecule has 1 saturated heterocycles. The van der Waals surface area contributed by atoms with Gasteiger partial charge < -0.3 is 10.0 Å². The molecule has 1 aliphatic heterocycles. The van der Waals surface area contributed by atoms with Crippen molar-refractivity contribution in [2.24, 2.45) is 18.9 Å². The number of carbonyl (C=O) groups is 1. The van der Waals surface area contributed by atoms with Crippen LogP contribution in [0.1, 0.15) is 11.7 Å². The minimum absolute atomic E-state index is 0.362. The summed E-state index contributed by atoms with van der Waals surface area (Å²) in [6.45, 7) is 1.25. The number of aromatic nitrogens is 4. The second-order valence-corrected chi connectivity index (χ2v) is 4.20. The number of fused-ring (bicyclic) bond motifs is 1. The summed E-state index contributed by atoms with van der Waals surface area (Å²) in [5.74, 6) is 2.09. The molecule has 0 bridgehead atoms. The molecular weight excluding hydrogens is 198 g/mol. The third-order valence-corrected chi connectivity index (χ3v) is 3.42. The van der Waals surface area contributed by atoms with Crippen molar-refractivity contribution < 1.29 is 9.90 Å². The fourth-order valence-corrected chi connectivity index (χ4v) is 2.58. The van der Waals surface area contributed by atoms with Gasteiger partial charge in [-0.25, -0.2) is 9.48 Å². The predicted octanol–water partition coefficient (Wildman–Crippen LogP) is -0.467. The van der Waals surface area contributed by atoms with Crippen LogP contribution in [0.4, 0.5) is 4.79 Å². The van der Waals surface area contributed by atoms with Gasteiger partial charge in [0.1, 0.15) is 0 Å². The maximum absolute atomic E-state index is 10.7. The molecule has 1 aliphatic carbocycles. The van der Waals surface area contributed by atoms with Crippen LogP contribution in [-0.2, 0) is 7.05 Å². The average molecular weight is 209 g/mol. The normalized spacial score (nSPS) is 32.9. The molecule has 1 unspecified atom stereocenters. The van der Waals surface area contributed by atoms with E-state index in [4.69, 9.17) is 5.11 Å². The van der Waals surface area contributed by atoms with Gasteiger partial charge in [0.05, 0.1) is 0 Å². The summed E-state index contributed by atoms with van der Waals surface area (Å²) in [6, 6.07) is 0. The van der Waals surface area contributed by atoms with Crippen LogP contribution >= 0.6 is 0 Å². The third-order valence-electron chi connectivity index (χ3n) is 3.42. The van der Waals surface area contributed by atoms with Crippen molar-refractivity contribution in [3.63, 3.8) is 0 Å². The zero-order chi connectivity index (χ0) is 10.6. The second kappa shape index (κ2) is 2.68. The molecule has 3 rings (SSSR count). The first kappa shape index (κ1) is 8.63. The van der Waals surface area contributed by atoms with E-state index in [1.54, 1.807) is 4.68 Å². The van der Waals surface area contributed by atoms with Gasteiger partial charge in [-0.05, 0) is 22.3 Å². The molecule has 7 heteroatoms. The number of amides is 1. The lowest BCUT2D eigenvalue weighted by atomic mass is 10.2. The quantitative estimate of drug-likeness (QED) is 0.676. The van der Waals surface area contributed by atoms with Crippen molar-refractivity contribution in [1.29, 1.82) is 0 Å². The molecule has 0 radical (unpaired) electrons. The van der Waals surface area contributed by atoms with E-state index in [1.807, 2.05) is 7.05 Å². The van der Waals surface area contributed by atoms with Crippen molar-refractivity contribution in [3.05, 3.63) is 5.82 Å². The molecule has 2 heterocycles. The number of piperidine rings is 1. The lowest BCUT2D eigenvalue weighted by Crippen LogP contribution is -2.29. The van der Waals surface area contributed by atoms with E-state index >= 15 is 0 Å². The molecule has 15 heavy (non-hydrogen) atoms. The molecule has 0 spiro atoms. The van der Waals surface area contributed by atoms with Gasteiger partial charge in [0.15, 0.2) is 5.82 Å². The molecule has 3 atom stereocenters. The van der Waals surface area contributed by atoms with Gasteiger partial charge in [-0.3, -0.25) is 0 Å². The maximum Gasteiger partial charge on any atom is 0.407 e. The van der Waals surface area contributed by atoms with Crippen LogP contribution in [0.5, 0.6) is 0 Å². The highest BCUT2D eigenvalue weighted by Gasteiger charge is 2.59. The highest BCUT2D eigenvalue weighted by Crippen LogP contribution is 2.57. The zero-order valence-corrected chi connectivity index (χ0v) is 8.24. The van der Waals surface area contributed by atoms with E-state index in [9.17, 15) is 4.79 Å². The molecule has 7 nitrogen and oxygen atoms in total. The Balaban J connectivity index is 1.73. The summed E-state index contributed by atoms with van der Waals surface area (Å²) in [5.41, 5.74) is 0. The monoisotopic (exact) mass is 209 g/mol. The number of hydrogen-bond acceptors (Lipinski definition) is 4. The van der Waals surface area contributed by atoms with Crippen LogP contribution in [0.25, 0.3) is 0 Å². The summed E-state index contributed by atoms with van der Waals surface area (Å²) in [6.07, 6.45) is -0.822. The van der Waals surface area contributed by atoms with Crippen molar-refractivity contribution in [1.82, 2.24) is 25.1 Å². The topological polar surface area (TPSA) is 84.1 Å². The number of likely N-dealkylation sites (tertiary alicyclic amines) is 1. The number of rotatable bonds is 1. The van der Waals surface area contributed by atoms with Crippen molar-refractivity contribution in [3.8, 4) is 0 Å². The van der Waals surface area contributed by atoms with E-state index in [0.29, 0.717) is 30.8 Å². The van der Waals surface area contributed by atoms with E-state index in [2.05, 4.69) is 15.5 Å². The Kier molecular flexibility index (Phi) is 1.54. The smallest absolute Gasteiger partial charge is 0.407 e. The molecule has 2 fully saturated rings. The highest BCUT2D eigenvalue weighted by atomic mass is 16.4. The van der Waals surface area contributed by atoms with Crippen LogP contribution in [0, 0.1) is 11.8 Å². The standard InChI is InChI=1S/C8H11N5O2/c1-12-7(9-10-11-12)6-4-2-13(8(14)15)3-5(4)6/h4-6H,2-3H2,1H3,(H,14,15)/t4-,5?,6+/m0/s1. The van der Waals surface area contributed by atoms with Crippen molar-refractivity contribution in [2.75, 3.05) is 13.1 Å². The first-order valence-electron chi connectivity index (χ1n) is 4.88. The van der Waals surface area contributed by atoms with Gasteiger partial charge in [0.25, 0.3) is 0 Å². The summed E-state index contributed by atoms with van der Waals surface area (Å²) < 4.78 is 1.67. The molecule has 1 N–H and O–H groups in total. The summed E-state index contributed by atoms with van der Waals surface area (Å²) in [5, 5.41) is 20.2. The Morgan fingerprint density at radius 3 is 2.60 bits per heavy atom. The van der Waals surface area contributed by atoms with E-state index in [0.717, 1.165) is 5.82 Å². The molecular formula is C8H11N5O2. The fraction of sp³-hybridized carbons (Fsp3) is 0.750. The lowest BCUT2D eigenvalue weighted by Gasteiger charge is -2.14. The predicted molar refractivity (Wildman–Crippen MR) is 48.1 cm³/mol. The zero-order valence-electron chi connectivity index (χ0n) is 8.24. The Labute approximate surface area is 85.7 Å². The first-order valence-corrected chi connectivity index (χ1v) is 4.88. The van der Waals surface area contributed by atoms with Crippen LogP contribution in [0.15, 0.2) is 0 Å². The molecule has 1 amide bonds. The van der Waals surface area contributed by atoms with Gasteiger partial charge in [0, 0.05) is 26.1 Å². The summed E-state index contributed by atoms with van der Waals surface area (Å²) >= 11 is 0. The molecule has 1 aromatic heterocycles. The Bertz CT molecular complexity index is 405. The molecule has 80 valence electrons. The maximum atomic E-state index is 10.7. The van der Waals surface area contributed by atoms with Crippen LogP contribution in [0.2, 0.25) is 0 Å². The van der Waals surface area contributed by atoms with E-state index < -0.39 is 6.09 Å². The van der Waals surface area contributed by atoms with E-state index in [1.165, 1.54) is 4.90 Å². The van der Waals surface area contributed by atoms with Crippen LogP contribution in [0.3, 0.4) is 0 Å². The lowest BCUT2D eigenvalue weighted by molar-refractivity contribution is 0.149. The SMILES string of the molecule is Cn1nnnc1[C@H]1C2CN(C(=O)O)C[C@@H]21. The molecule has 2 aliphatic rings. The number of nitrogens with zero attached hydrogens (tertiary/aromatic N) is 5. The number of aryl methyl sites for hydroxylation is 1. The van der Waals surface area contributed by atoms with Crippen molar-refractivity contribution >= 4 is 6.09 Å². The number of hydrogen-bond donors (Lipinski definition) is 1. The Morgan fingerprint density at radius 2 is 2.13 bits per heavy atom. The third kappa shape index (κ3) is 1.12. The van der Waals surface area contributed by atoms with Crippen LogP contribution in [-0.4, -0.2) is 49.4 Å². The number of tetrazole rings is 1. The average Bonchev–Trinajstić information content (AvgIpc) is 2.63. The second-order valence-electron chi connectivity index (χ2n) is 4.20. The Morgan fingerprint density at radius 1 is 1.47 bits per heavy atom. The fourth-order valence-electron chi connectivity index (χ4n) is 2.58. The van der Waals surface area contributed by atoms with Gasteiger partial charge in [-0.15, -0.1) is 5.10 Å². The van der Waals surface area contributed by atoms with Crippen LogP contribution < -0.4 is 0 Å². The minimum atomic E-state index is -0.822. The minimum Gasteiger partial charge on any atom is -0.465 e. The highest BCUT2D eigenvalue weighted by molar-refractivity contribution is 5.66. The largest absolute Gasteiger partial charge is 0.465 e. The summed E-state index contributed by atoms with van der Waals surface area (Å²) in [7, 11) is 1.82. The van der Waals surface area contributed by atoms with Gasteiger partial charge in [0.2, 0.25) is 0 Å². The van der Waals surface area contributed by atoms with Gasteiger partial charge >= 0.3 is 6.09 Å². The Hall–Kier alpha value is -1.66. The van der Waals surface area contributed by atoms with Crippen molar-refractivity contribution in [2.45, 2.75) is 5.92 Å². The molecule has 0 aromatic carbocycles. The number of carboxylic acid groups (broad SMARTS) is 1.